The smallest absolute Gasteiger partial charge is 0.264 e. The Morgan fingerprint density at radius 1 is 0.872 bits per heavy atom. The van der Waals surface area contributed by atoms with Gasteiger partial charge in [-0.3, -0.25) is 14.0 Å². The fourth-order valence-corrected chi connectivity index (χ4v) is 6.37. The minimum Gasteiger partial charge on any atom is -0.495 e. The molecule has 1 aromatic heterocycles. The Morgan fingerprint density at radius 2 is 1.51 bits per heavy atom. The van der Waals surface area contributed by atoms with Gasteiger partial charge in [0.15, 0.2) is 5.13 Å². The second-order valence-corrected chi connectivity index (χ2v) is 12.0. The average molecular weight is 569 g/mol. The van der Waals surface area contributed by atoms with Crippen LogP contribution >= 0.6 is 11.3 Å². The first-order valence-corrected chi connectivity index (χ1v) is 14.5. The summed E-state index contributed by atoms with van der Waals surface area (Å²) in [7, 11) is 4.83. The number of benzene rings is 3. The second kappa shape index (κ2) is 12.0. The van der Waals surface area contributed by atoms with Crippen molar-refractivity contribution in [3.8, 4) is 11.5 Å². The number of carbonyl (C=O) groups excluding carboxylic acids is 1. The quantitative estimate of drug-likeness (QED) is 0.258. The number of hydrogen-bond donors (Lipinski definition) is 0. The Labute approximate surface area is 233 Å². The summed E-state index contributed by atoms with van der Waals surface area (Å²) < 4.78 is 39.4. The molecular formula is C28H32N4O5S2. The van der Waals surface area contributed by atoms with Crippen molar-refractivity contribution in [3.63, 3.8) is 0 Å². The van der Waals surface area contributed by atoms with Crippen LogP contribution < -0.4 is 18.7 Å². The molecule has 0 aliphatic rings. The number of amides is 1. The zero-order chi connectivity index (χ0) is 28.2. The number of methoxy groups -OCH3 is 2. The lowest BCUT2D eigenvalue weighted by Crippen LogP contribution is -2.33. The molecule has 1 heterocycles. The molecule has 0 N–H and O–H groups in total. The number of rotatable bonds is 11. The monoisotopic (exact) mass is 568 g/mol. The van der Waals surface area contributed by atoms with Gasteiger partial charge in [0.25, 0.3) is 15.9 Å². The molecule has 0 saturated carbocycles. The van der Waals surface area contributed by atoms with E-state index in [-0.39, 0.29) is 10.8 Å². The number of thiazole rings is 1. The van der Waals surface area contributed by atoms with E-state index in [4.69, 9.17) is 14.5 Å². The molecule has 0 bridgehead atoms. The number of aromatic nitrogens is 1. The minimum absolute atomic E-state index is 0.0963. The Bertz CT molecular complexity index is 1500. The molecule has 1 amide bonds. The molecule has 0 aliphatic carbocycles. The molecule has 206 valence electrons. The highest BCUT2D eigenvalue weighted by molar-refractivity contribution is 7.92. The van der Waals surface area contributed by atoms with Crippen LogP contribution in [-0.2, 0) is 10.0 Å². The lowest BCUT2D eigenvalue weighted by atomic mass is 10.2. The normalized spacial score (nSPS) is 11.5. The summed E-state index contributed by atoms with van der Waals surface area (Å²) in [5.74, 6) is 0.963. The van der Waals surface area contributed by atoms with Crippen molar-refractivity contribution in [2.45, 2.75) is 11.3 Å². The average Bonchev–Trinajstić information content (AvgIpc) is 3.39. The predicted octanol–water partition coefficient (Wildman–Crippen LogP) is 4.74. The van der Waals surface area contributed by atoms with Gasteiger partial charge in [0.1, 0.15) is 21.7 Å². The van der Waals surface area contributed by atoms with Crippen molar-refractivity contribution in [1.82, 2.24) is 9.88 Å². The Balaban J connectivity index is 1.67. The number of fused-ring (bicyclic) bond motifs is 1. The van der Waals surface area contributed by atoms with Gasteiger partial charge in [-0.1, -0.05) is 29.5 Å². The van der Waals surface area contributed by atoms with Crippen molar-refractivity contribution < 1.29 is 22.7 Å². The third kappa shape index (κ3) is 6.00. The summed E-state index contributed by atoms with van der Waals surface area (Å²) in [4.78, 5) is 22.3. The van der Waals surface area contributed by atoms with Gasteiger partial charge in [-0.2, -0.15) is 0 Å². The van der Waals surface area contributed by atoms with Crippen LogP contribution in [0.5, 0.6) is 11.5 Å². The molecule has 11 heteroatoms. The number of para-hydroxylation sites is 1. The van der Waals surface area contributed by atoms with Gasteiger partial charge in [-0.25, -0.2) is 13.4 Å². The Hall–Kier alpha value is -3.67. The molecule has 3 aromatic carbocycles. The van der Waals surface area contributed by atoms with Gasteiger partial charge in [-0.15, -0.1) is 0 Å². The van der Waals surface area contributed by atoms with Crippen LogP contribution in [0.25, 0.3) is 10.2 Å². The summed E-state index contributed by atoms with van der Waals surface area (Å²) in [5, 5.41) is 0.511. The number of hydrogen-bond acceptors (Lipinski definition) is 8. The molecule has 0 atom stereocenters. The standard InChI is InChI=1S/C28H32N4O5S2/c1-30(2)18-9-19-32(28-29-25-23(36-4)16-17-24(37-5)26(25)38-28)27(33)20-12-14-22(15-13-20)39(34,35)31(3)21-10-7-6-8-11-21/h6-8,10-17H,9,18-19H2,1-5H3. The minimum atomic E-state index is -3.80. The molecule has 4 aromatic rings. The largest absolute Gasteiger partial charge is 0.495 e. The number of carbonyl (C=O) groups is 1. The second-order valence-electron chi connectivity index (χ2n) is 9.09. The summed E-state index contributed by atoms with van der Waals surface area (Å²) in [6, 6.07) is 18.4. The van der Waals surface area contributed by atoms with Gasteiger partial charge in [0.2, 0.25) is 0 Å². The fourth-order valence-electron chi connectivity index (χ4n) is 4.08. The van der Waals surface area contributed by atoms with E-state index in [1.54, 1.807) is 61.6 Å². The zero-order valence-electron chi connectivity index (χ0n) is 22.6. The Kier molecular flexibility index (Phi) is 8.73. The van der Waals surface area contributed by atoms with Crippen LogP contribution in [0.2, 0.25) is 0 Å². The van der Waals surface area contributed by atoms with Gasteiger partial charge in [-0.05, 0) is 75.6 Å². The van der Waals surface area contributed by atoms with Crippen molar-refractivity contribution in [2.75, 3.05) is 57.7 Å². The molecular weight excluding hydrogens is 536 g/mol. The van der Waals surface area contributed by atoms with Gasteiger partial charge < -0.3 is 14.4 Å². The number of anilines is 2. The summed E-state index contributed by atoms with van der Waals surface area (Å²) in [6.07, 6.45) is 0.720. The van der Waals surface area contributed by atoms with E-state index >= 15 is 0 Å². The van der Waals surface area contributed by atoms with E-state index in [2.05, 4.69) is 4.90 Å². The number of ether oxygens (including phenoxy) is 2. The van der Waals surface area contributed by atoms with Crippen molar-refractivity contribution >= 4 is 48.3 Å². The fraction of sp³-hybridized carbons (Fsp3) is 0.286. The SMILES string of the molecule is COc1ccc(OC)c2sc(N(CCCN(C)C)C(=O)c3ccc(S(=O)(=O)N(C)c4ccccc4)cc3)nc12. The molecule has 0 saturated heterocycles. The molecule has 0 aliphatic heterocycles. The molecule has 0 fully saturated rings. The topological polar surface area (TPSA) is 92.3 Å². The highest BCUT2D eigenvalue weighted by atomic mass is 32.2. The maximum Gasteiger partial charge on any atom is 0.264 e. The predicted molar refractivity (Wildman–Crippen MR) is 156 cm³/mol. The highest BCUT2D eigenvalue weighted by Gasteiger charge is 2.25. The Morgan fingerprint density at radius 3 is 2.13 bits per heavy atom. The van der Waals surface area contributed by atoms with E-state index in [9.17, 15) is 13.2 Å². The van der Waals surface area contributed by atoms with Crippen LogP contribution in [0.3, 0.4) is 0 Å². The first kappa shape index (κ1) is 28.3. The van der Waals surface area contributed by atoms with Crippen molar-refractivity contribution in [2.24, 2.45) is 0 Å². The highest BCUT2D eigenvalue weighted by Crippen LogP contribution is 2.40. The lowest BCUT2D eigenvalue weighted by Gasteiger charge is -2.22. The first-order chi connectivity index (χ1) is 18.7. The van der Waals surface area contributed by atoms with Gasteiger partial charge >= 0.3 is 0 Å². The summed E-state index contributed by atoms with van der Waals surface area (Å²) in [5.41, 5.74) is 1.53. The van der Waals surface area contributed by atoms with Crippen LogP contribution in [0.4, 0.5) is 10.8 Å². The van der Waals surface area contributed by atoms with Gasteiger partial charge in [0.05, 0.1) is 24.8 Å². The zero-order valence-corrected chi connectivity index (χ0v) is 24.3. The van der Waals surface area contributed by atoms with E-state index in [1.165, 1.54) is 34.8 Å². The van der Waals surface area contributed by atoms with Crippen molar-refractivity contribution in [1.29, 1.82) is 0 Å². The molecule has 0 radical (unpaired) electrons. The van der Waals surface area contributed by atoms with Crippen LogP contribution in [0, 0.1) is 0 Å². The van der Waals surface area contributed by atoms with E-state index < -0.39 is 10.0 Å². The van der Waals surface area contributed by atoms with E-state index in [0.717, 1.165) is 17.7 Å². The maximum absolute atomic E-state index is 13.8. The molecule has 0 unspecified atom stereocenters. The van der Waals surface area contributed by atoms with Crippen molar-refractivity contribution in [3.05, 3.63) is 72.3 Å². The first-order valence-electron chi connectivity index (χ1n) is 12.3. The molecule has 0 spiro atoms. The molecule has 9 nitrogen and oxygen atoms in total. The summed E-state index contributed by atoms with van der Waals surface area (Å²) >= 11 is 1.35. The number of nitrogens with zero attached hydrogens (tertiary/aromatic N) is 4. The lowest BCUT2D eigenvalue weighted by molar-refractivity contribution is 0.0986. The van der Waals surface area contributed by atoms with Crippen LogP contribution in [0.15, 0.2) is 71.6 Å². The van der Waals surface area contributed by atoms with E-state index in [0.29, 0.717) is 39.9 Å². The van der Waals surface area contributed by atoms with Gasteiger partial charge in [0, 0.05) is 19.2 Å². The van der Waals surface area contributed by atoms with Crippen LogP contribution in [-0.4, -0.2) is 72.7 Å². The van der Waals surface area contributed by atoms with E-state index in [1.807, 2.05) is 26.2 Å². The third-order valence-corrected chi connectivity index (χ3v) is 9.13. The van der Waals surface area contributed by atoms with Crippen LogP contribution in [0.1, 0.15) is 16.8 Å². The maximum atomic E-state index is 13.8. The number of sulfonamides is 1. The molecule has 4 rings (SSSR count). The molecule has 39 heavy (non-hydrogen) atoms. The summed E-state index contributed by atoms with van der Waals surface area (Å²) in [6.45, 7) is 1.21. The third-order valence-electron chi connectivity index (χ3n) is 6.24.